The van der Waals surface area contributed by atoms with Crippen molar-refractivity contribution >= 4 is 23.8 Å². The minimum atomic E-state index is -0.968. The standard InChI is InChI=1S/C29H42N4O7/c1-4-6-12-31(13-7-5-2)26(35)18-32-17-21(20-8-9-23-24(16-20)40-19-39-23)27(28(36)37)22(32)10-15-33-25(34)11-14-30(3)29(33)38/h8-9,16,21-22,27H,4-7,10-15,17-19H2,1-3H3,(H,36,37)/t21-,22+,27?/m1/s1. The van der Waals surface area contributed by atoms with E-state index >= 15 is 0 Å². The number of unbranched alkanes of at least 4 members (excludes halogenated alkanes) is 2. The number of urea groups is 1. The lowest BCUT2D eigenvalue weighted by molar-refractivity contribution is -0.144. The average molecular weight is 559 g/mol. The summed E-state index contributed by atoms with van der Waals surface area (Å²) < 4.78 is 11.0. The van der Waals surface area contributed by atoms with Gasteiger partial charge >= 0.3 is 12.0 Å². The fourth-order valence-corrected chi connectivity index (χ4v) is 5.96. The molecule has 1 aromatic rings. The van der Waals surface area contributed by atoms with E-state index in [1.165, 1.54) is 9.80 Å². The van der Waals surface area contributed by atoms with Gasteiger partial charge < -0.3 is 24.4 Å². The van der Waals surface area contributed by atoms with E-state index in [-0.39, 0.29) is 50.6 Å². The maximum absolute atomic E-state index is 13.6. The molecule has 0 spiro atoms. The Morgan fingerprint density at radius 1 is 1.07 bits per heavy atom. The maximum atomic E-state index is 13.6. The van der Waals surface area contributed by atoms with Gasteiger partial charge in [-0.3, -0.25) is 24.2 Å². The number of hydrogen-bond donors (Lipinski definition) is 1. The molecule has 2 fully saturated rings. The van der Waals surface area contributed by atoms with Gasteiger partial charge in [0.15, 0.2) is 11.5 Å². The van der Waals surface area contributed by atoms with Crippen LogP contribution in [0, 0.1) is 5.92 Å². The Labute approximate surface area is 236 Å². The van der Waals surface area contributed by atoms with Crippen molar-refractivity contribution < 1.29 is 33.8 Å². The van der Waals surface area contributed by atoms with Crippen LogP contribution in [0.4, 0.5) is 4.79 Å². The van der Waals surface area contributed by atoms with Gasteiger partial charge in [0.1, 0.15) is 0 Å². The van der Waals surface area contributed by atoms with Crippen LogP contribution in [0.3, 0.4) is 0 Å². The van der Waals surface area contributed by atoms with E-state index < -0.39 is 23.8 Å². The van der Waals surface area contributed by atoms with Gasteiger partial charge in [-0.05, 0) is 37.0 Å². The van der Waals surface area contributed by atoms with E-state index in [0.717, 1.165) is 31.2 Å². The van der Waals surface area contributed by atoms with E-state index in [9.17, 15) is 24.3 Å². The molecule has 1 aromatic carbocycles. The number of carbonyl (C=O) groups excluding carboxylic acids is 3. The molecule has 0 aromatic heterocycles. The van der Waals surface area contributed by atoms with Crippen LogP contribution in [0.15, 0.2) is 18.2 Å². The van der Waals surface area contributed by atoms with Crippen molar-refractivity contribution in [2.45, 2.75) is 64.3 Å². The first-order chi connectivity index (χ1) is 19.2. The van der Waals surface area contributed by atoms with Crippen molar-refractivity contribution in [3.05, 3.63) is 23.8 Å². The van der Waals surface area contributed by atoms with Crippen LogP contribution in [0.1, 0.15) is 63.9 Å². The molecule has 3 aliphatic rings. The number of benzene rings is 1. The number of hydrogen-bond acceptors (Lipinski definition) is 7. The monoisotopic (exact) mass is 558 g/mol. The number of nitrogens with zero attached hydrogens (tertiary/aromatic N) is 4. The number of aliphatic carboxylic acids is 1. The summed E-state index contributed by atoms with van der Waals surface area (Å²) in [6, 6.07) is 4.56. The lowest BCUT2D eigenvalue weighted by atomic mass is 9.84. The van der Waals surface area contributed by atoms with E-state index in [2.05, 4.69) is 13.8 Å². The van der Waals surface area contributed by atoms with Crippen LogP contribution < -0.4 is 9.47 Å². The zero-order chi connectivity index (χ0) is 28.8. The van der Waals surface area contributed by atoms with Crippen molar-refractivity contribution in [2.75, 3.05) is 53.1 Å². The number of carbonyl (C=O) groups is 4. The summed E-state index contributed by atoms with van der Waals surface area (Å²) in [5.41, 5.74) is 0.801. The summed E-state index contributed by atoms with van der Waals surface area (Å²) in [6.45, 7) is 6.56. The summed E-state index contributed by atoms with van der Waals surface area (Å²) in [5.74, 6) is -1.29. The Bertz CT molecular complexity index is 1090. The Balaban J connectivity index is 1.60. The third-order valence-corrected chi connectivity index (χ3v) is 8.28. The second kappa shape index (κ2) is 13.3. The molecule has 3 aliphatic heterocycles. The highest BCUT2D eigenvalue weighted by Crippen LogP contribution is 2.42. The minimum Gasteiger partial charge on any atom is -0.481 e. The molecule has 4 amide bonds. The molecule has 4 rings (SSSR count). The zero-order valence-electron chi connectivity index (χ0n) is 23.8. The predicted octanol–water partition coefficient (Wildman–Crippen LogP) is 2.99. The molecule has 0 bridgehead atoms. The molecule has 11 nitrogen and oxygen atoms in total. The summed E-state index contributed by atoms with van der Waals surface area (Å²) >= 11 is 0. The Kier molecular flexibility index (Phi) is 9.89. The molecular formula is C29H42N4O7. The quantitative estimate of drug-likeness (QED) is 0.392. The van der Waals surface area contributed by atoms with Crippen molar-refractivity contribution in [3.8, 4) is 11.5 Å². The largest absolute Gasteiger partial charge is 0.481 e. The molecule has 0 aliphatic carbocycles. The maximum Gasteiger partial charge on any atom is 0.326 e. The fraction of sp³-hybridized carbons (Fsp3) is 0.655. The molecule has 3 heterocycles. The number of likely N-dealkylation sites (tertiary alicyclic amines) is 1. The first-order valence-corrected chi connectivity index (χ1v) is 14.4. The van der Waals surface area contributed by atoms with E-state index in [1.54, 1.807) is 13.1 Å². The smallest absolute Gasteiger partial charge is 0.326 e. The van der Waals surface area contributed by atoms with Gasteiger partial charge in [-0.25, -0.2) is 4.79 Å². The zero-order valence-corrected chi connectivity index (χ0v) is 23.8. The van der Waals surface area contributed by atoms with Gasteiger partial charge in [0, 0.05) is 58.2 Å². The third-order valence-electron chi connectivity index (χ3n) is 8.28. The summed E-state index contributed by atoms with van der Waals surface area (Å²) in [5, 5.41) is 10.5. The van der Waals surface area contributed by atoms with Crippen molar-refractivity contribution in [1.29, 1.82) is 0 Å². The molecule has 1 unspecified atom stereocenters. The van der Waals surface area contributed by atoms with Crippen LogP contribution in [0.2, 0.25) is 0 Å². The number of imide groups is 1. The van der Waals surface area contributed by atoms with Crippen LogP contribution in [0.25, 0.3) is 0 Å². The average Bonchev–Trinajstić information content (AvgIpc) is 3.55. The van der Waals surface area contributed by atoms with Crippen molar-refractivity contribution in [3.63, 3.8) is 0 Å². The molecule has 220 valence electrons. The molecule has 2 saturated heterocycles. The molecule has 0 radical (unpaired) electrons. The van der Waals surface area contributed by atoms with Crippen LogP contribution in [-0.2, 0) is 14.4 Å². The first kappa shape index (κ1) is 29.6. The highest BCUT2D eigenvalue weighted by molar-refractivity contribution is 5.96. The van der Waals surface area contributed by atoms with Gasteiger partial charge in [0.2, 0.25) is 18.6 Å². The van der Waals surface area contributed by atoms with Gasteiger partial charge in [-0.1, -0.05) is 32.8 Å². The number of amides is 4. The van der Waals surface area contributed by atoms with E-state index in [0.29, 0.717) is 37.7 Å². The normalized spacial score (nSPS) is 22.7. The van der Waals surface area contributed by atoms with Gasteiger partial charge in [-0.2, -0.15) is 0 Å². The van der Waals surface area contributed by atoms with Gasteiger partial charge in [-0.15, -0.1) is 0 Å². The Hall–Kier alpha value is -3.34. The van der Waals surface area contributed by atoms with Crippen molar-refractivity contribution in [1.82, 2.24) is 19.6 Å². The molecule has 1 N–H and O–H groups in total. The third kappa shape index (κ3) is 6.51. The van der Waals surface area contributed by atoms with E-state index in [4.69, 9.17) is 9.47 Å². The summed E-state index contributed by atoms with van der Waals surface area (Å²) in [4.78, 5) is 58.2. The van der Waals surface area contributed by atoms with Crippen molar-refractivity contribution in [2.24, 2.45) is 5.92 Å². The number of fused-ring (bicyclic) bond motifs is 1. The van der Waals surface area contributed by atoms with E-state index in [1.807, 2.05) is 21.9 Å². The first-order valence-electron chi connectivity index (χ1n) is 14.4. The van der Waals surface area contributed by atoms with Crippen LogP contribution >= 0.6 is 0 Å². The number of ether oxygens (including phenoxy) is 2. The molecular weight excluding hydrogens is 516 g/mol. The van der Waals surface area contributed by atoms with Crippen LogP contribution in [0.5, 0.6) is 11.5 Å². The fourth-order valence-electron chi connectivity index (χ4n) is 5.96. The lowest BCUT2D eigenvalue weighted by Crippen LogP contribution is -2.52. The Morgan fingerprint density at radius 2 is 1.77 bits per heavy atom. The van der Waals surface area contributed by atoms with Gasteiger partial charge in [0.25, 0.3) is 0 Å². The Morgan fingerprint density at radius 3 is 2.45 bits per heavy atom. The number of rotatable bonds is 13. The molecule has 40 heavy (non-hydrogen) atoms. The summed E-state index contributed by atoms with van der Waals surface area (Å²) in [6.07, 6.45) is 4.26. The molecule has 3 atom stereocenters. The minimum absolute atomic E-state index is 0.0211. The van der Waals surface area contributed by atoms with Crippen LogP contribution in [-0.4, -0.2) is 108 Å². The molecule has 11 heteroatoms. The number of carboxylic acid groups (broad SMARTS) is 1. The topological polar surface area (TPSA) is 120 Å². The number of carboxylic acids is 1. The molecule has 0 saturated carbocycles. The van der Waals surface area contributed by atoms with Gasteiger partial charge in [0.05, 0.1) is 12.5 Å². The SMILES string of the molecule is CCCCN(CCCC)C(=O)CN1C[C@H](c2ccc3c(c2)OCO3)C(C(=O)O)[C@@H]1CCN1C(=O)CCN(C)C1=O. The second-order valence-electron chi connectivity index (χ2n) is 11.0. The second-order valence-corrected chi connectivity index (χ2v) is 11.0. The summed E-state index contributed by atoms with van der Waals surface area (Å²) in [7, 11) is 1.65. The lowest BCUT2D eigenvalue weighted by Gasteiger charge is -2.34. The highest BCUT2D eigenvalue weighted by atomic mass is 16.7. The predicted molar refractivity (Wildman–Crippen MR) is 147 cm³/mol. The highest BCUT2D eigenvalue weighted by Gasteiger charge is 2.48.